The summed E-state index contributed by atoms with van der Waals surface area (Å²) in [7, 11) is 0. The molecule has 0 atom stereocenters. The minimum Gasteiger partial charge on any atom is -0.461 e. The first-order chi connectivity index (χ1) is 9.83. The molecule has 0 radical (unpaired) electrons. The smallest absolute Gasteiger partial charge is 0.408 e. The average molecular weight is 289 g/mol. The topological polar surface area (TPSA) is 68.5 Å². The van der Waals surface area contributed by atoms with Gasteiger partial charge in [-0.2, -0.15) is 0 Å². The molecule has 1 amide bonds. The summed E-state index contributed by atoms with van der Waals surface area (Å²) in [6.45, 7) is 5.22. The fraction of sp³-hybridized carbons (Fsp3) is 0.375. The van der Waals surface area contributed by atoms with Crippen molar-refractivity contribution in [2.45, 2.75) is 32.8 Å². The molecule has 1 N–H and O–H groups in total. The van der Waals surface area contributed by atoms with E-state index in [-0.39, 0.29) is 18.7 Å². The van der Waals surface area contributed by atoms with Crippen molar-refractivity contribution >= 4 is 22.8 Å². The van der Waals surface area contributed by atoms with Gasteiger partial charge >= 0.3 is 6.09 Å². The number of ether oxygens (including phenoxy) is 1. The number of carbonyl (C=O) groups excluding carboxylic acids is 2. The number of amides is 1. The molecule has 112 valence electrons. The fourth-order valence-electron chi connectivity index (χ4n) is 1.87. The summed E-state index contributed by atoms with van der Waals surface area (Å²) in [5.74, 6) is 0.451. The zero-order chi connectivity index (χ0) is 15.5. The number of rotatable bonds is 4. The SMILES string of the molecule is CC(C)(C)OC(=O)NCC(=O)Cc1cc2ccccc2o1. The van der Waals surface area contributed by atoms with Crippen molar-refractivity contribution in [3.8, 4) is 0 Å². The summed E-state index contributed by atoms with van der Waals surface area (Å²) in [5, 5.41) is 3.40. The van der Waals surface area contributed by atoms with E-state index >= 15 is 0 Å². The molecule has 1 aromatic carbocycles. The molecule has 5 nitrogen and oxygen atoms in total. The Morgan fingerprint density at radius 3 is 2.62 bits per heavy atom. The number of furan rings is 1. The summed E-state index contributed by atoms with van der Waals surface area (Å²) in [6.07, 6.45) is -0.453. The minimum atomic E-state index is -0.597. The van der Waals surface area contributed by atoms with Crippen molar-refractivity contribution in [1.82, 2.24) is 5.32 Å². The summed E-state index contributed by atoms with van der Waals surface area (Å²) >= 11 is 0. The second-order valence-corrected chi connectivity index (χ2v) is 5.82. The summed E-state index contributed by atoms with van der Waals surface area (Å²) < 4.78 is 10.6. The van der Waals surface area contributed by atoms with E-state index in [0.717, 1.165) is 11.0 Å². The lowest BCUT2D eigenvalue weighted by molar-refractivity contribution is -0.117. The van der Waals surface area contributed by atoms with Crippen molar-refractivity contribution in [1.29, 1.82) is 0 Å². The molecule has 0 saturated carbocycles. The van der Waals surface area contributed by atoms with Crippen LogP contribution in [0.2, 0.25) is 0 Å². The molecule has 0 aliphatic heterocycles. The van der Waals surface area contributed by atoms with Gasteiger partial charge in [0.15, 0.2) is 5.78 Å². The lowest BCUT2D eigenvalue weighted by Gasteiger charge is -2.19. The Morgan fingerprint density at radius 1 is 1.24 bits per heavy atom. The number of hydrogen-bond acceptors (Lipinski definition) is 4. The average Bonchev–Trinajstić information content (AvgIpc) is 2.76. The maximum Gasteiger partial charge on any atom is 0.408 e. The molecular formula is C16H19NO4. The van der Waals surface area contributed by atoms with Gasteiger partial charge in [-0.25, -0.2) is 4.79 Å². The highest BCUT2D eigenvalue weighted by molar-refractivity contribution is 5.86. The van der Waals surface area contributed by atoms with Crippen LogP contribution in [-0.2, 0) is 16.0 Å². The van der Waals surface area contributed by atoms with Gasteiger partial charge in [0, 0.05) is 5.39 Å². The summed E-state index contributed by atoms with van der Waals surface area (Å²) in [5.41, 5.74) is 0.173. The van der Waals surface area contributed by atoms with Gasteiger partial charge < -0.3 is 14.5 Å². The van der Waals surface area contributed by atoms with E-state index in [9.17, 15) is 9.59 Å². The molecular weight excluding hydrogens is 270 g/mol. The van der Waals surface area contributed by atoms with Gasteiger partial charge in [0.25, 0.3) is 0 Å². The normalized spacial score (nSPS) is 11.4. The van der Waals surface area contributed by atoms with Crippen molar-refractivity contribution < 1.29 is 18.7 Å². The van der Waals surface area contributed by atoms with Crippen LogP contribution in [-0.4, -0.2) is 24.0 Å². The van der Waals surface area contributed by atoms with Crippen LogP contribution in [0.3, 0.4) is 0 Å². The monoisotopic (exact) mass is 289 g/mol. The largest absolute Gasteiger partial charge is 0.461 e. The molecule has 1 aromatic heterocycles. The van der Waals surface area contributed by atoms with E-state index in [1.54, 1.807) is 20.8 Å². The van der Waals surface area contributed by atoms with E-state index in [4.69, 9.17) is 9.15 Å². The highest BCUT2D eigenvalue weighted by atomic mass is 16.6. The van der Waals surface area contributed by atoms with Crippen LogP contribution in [0.5, 0.6) is 0 Å². The Labute approximate surface area is 123 Å². The third-order valence-corrected chi connectivity index (χ3v) is 2.68. The second-order valence-electron chi connectivity index (χ2n) is 5.82. The molecule has 0 saturated heterocycles. The minimum absolute atomic E-state index is 0.0774. The number of ketones is 1. The number of benzene rings is 1. The Hall–Kier alpha value is -2.30. The molecule has 2 rings (SSSR count). The Balaban J connectivity index is 1.86. The first-order valence-electron chi connectivity index (χ1n) is 6.79. The Bertz CT molecular complexity index is 619. The predicted molar refractivity (Wildman–Crippen MR) is 79.2 cm³/mol. The molecule has 0 bridgehead atoms. The predicted octanol–water partition coefficient (Wildman–Crippen LogP) is 3.07. The molecule has 0 aliphatic carbocycles. The fourth-order valence-corrected chi connectivity index (χ4v) is 1.87. The van der Waals surface area contributed by atoms with Gasteiger partial charge in [0.2, 0.25) is 0 Å². The van der Waals surface area contributed by atoms with Crippen LogP contribution in [0, 0.1) is 0 Å². The lowest BCUT2D eigenvalue weighted by Crippen LogP contribution is -2.35. The number of para-hydroxylation sites is 1. The van der Waals surface area contributed by atoms with Crippen LogP contribution in [0.4, 0.5) is 4.79 Å². The molecule has 0 fully saturated rings. The first kappa shape index (κ1) is 15.1. The van der Waals surface area contributed by atoms with Crippen LogP contribution < -0.4 is 5.32 Å². The Kier molecular flexibility index (Phi) is 4.31. The molecule has 1 heterocycles. The third kappa shape index (κ3) is 4.63. The van der Waals surface area contributed by atoms with Gasteiger partial charge in [-0.05, 0) is 32.9 Å². The van der Waals surface area contributed by atoms with Gasteiger partial charge in [-0.15, -0.1) is 0 Å². The number of Topliss-reactive ketones (excluding diaryl/α,β-unsaturated/α-hetero) is 1. The van der Waals surface area contributed by atoms with Crippen LogP contribution in [0.1, 0.15) is 26.5 Å². The van der Waals surface area contributed by atoms with E-state index < -0.39 is 11.7 Å². The van der Waals surface area contributed by atoms with Gasteiger partial charge in [0.05, 0.1) is 13.0 Å². The number of carbonyl (C=O) groups is 2. The molecule has 0 spiro atoms. The van der Waals surface area contributed by atoms with E-state index in [1.165, 1.54) is 0 Å². The van der Waals surface area contributed by atoms with Crippen LogP contribution in [0.15, 0.2) is 34.7 Å². The number of fused-ring (bicyclic) bond motifs is 1. The summed E-state index contributed by atoms with van der Waals surface area (Å²) in [4.78, 5) is 23.3. The third-order valence-electron chi connectivity index (χ3n) is 2.68. The van der Waals surface area contributed by atoms with Gasteiger partial charge in [-0.1, -0.05) is 18.2 Å². The van der Waals surface area contributed by atoms with Gasteiger partial charge in [-0.3, -0.25) is 4.79 Å². The Morgan fingerprint density at radius 2 is 1.95 bits per heavy atom. The van der Waals surface area contributed by atoms with E-state index in [1.807, 2.05) is 30.3 Å². The molecule has 0 unspecified atom stereocenters. The highest BCUT2D eigenvalue weighted by Crippen LogP contribution is 2.19. The molecule has 21 heavy (non-hydrogen) atoms. The first-order valence-corrected chi connectivity index (χ1v) is 6.79. The zero-order valence-electron chi connectivity index (χ0n) is 12.4. The van der Waals surface area contributed by atoms with Crippen LogP contribution in [0.25, 0.3) is 11.0 Å². The van der Waals surface area contributed by atoms with Crippen LogP contribution >= 0.6 is 0 Å². The number of alkyl carbamates (subject to hydrolysis) is 1. The van der Waals surface area contributed by atoms with Crippen molar-refractivity contribution in [3.05, 3.63) is 36.1 Å². The van der Waals surface area contributed by atoms with Gasteiger partial charge in [0.1, 0.15) is 16.9 Å². The van der Waals surface area contributed by atoms with Crippen molar-refractivity contribution in [2.24, 2.45) is 0 Å². The number of hydrogen-bond donors (Lipinski definition) is 1. The summed E-state index contributed by atoms with van der Waals surface area (Å²) in [6, 6.07) is 9.39. The number of nitrogens with one attached hydrogen (secondary N) is 1. The lowest BCUT2D eigenvalue weighted by atomic mass is 10.2. The molecule has 5 heteroatoms. The maximum atomic E-state index is 11.8. The quantitative estimate of drug-likeness (QED) is 0.939. The molecule has 0 aliphatic rings. The standard InChI is InChI=1S/C16H19NO4/c1-16(2,3)21-15(19)17-10-12(18)9-13-8-11-6-4-5-7-14(11)20-13/h4-8H,9-10H2,1-3H3,(H,17,19). The second kappa shape index (κ2) is 5.99. The van der Waals surface area contributed by atoms with Crippen molar-refractivity contribution in [2.75, 3.05) is 6.54 Å². The van der Waals surface area contributed by atoms with E-state index in [0.29, 0.717) is 5.76 Å². The van der Waals surface area contributed by atoms with E-state index in [2.05, 4.69) is 5.32 Å². The highest BCUT2D eigenvalue weighted by Gasteiger charge is 2.17. The zero-order valence-corrected chi connectivity index (χ0v) is 12.4. The maximum absolute atomic E-state index is 11.8. The molecule has 2 aromatic rings. The van der Waals surface area contributed by atoms with Crippen molar-refractivity contribution in [3.63, 3.8) is 0 Å².